The van der Waals surface area contributed by atoms with Crippen molar-refractivity contribution in [3.05, 3.63) is 69.9 Å². The third-order valence-corrected chi connectivity index (χ3v) is 13.6. The third-order valence-electron chi connectivity index (χ3n) is 12.7. The molecule has 3 aromatic rings. The Labute approximate surface area is 335 Å². The van der Waals surface area contributed by atoms with Gasteiger partial charge >= 0.3 is 0 Å². The number of methoxy groups -OCH3 is 1. The molecule has 2 aromatic carbocycles. The molecule has 2 bridgehead atoms. The number of aliphatic hydroxyl groups is 2. The number of carbonyl (C=O) groups excluding carboxylic acids is 3. The molecule has 304 valence electrons. The van der Waals surface area contributed by atoms with Crippen molar-refractivity contribution in [2.24, 2.45) is 29.1 Å². The fourth-order valence-electron chi connectivity index (χ4n) is 9.37. The second-order valence-electron chi connectivity index (χ2n) is 16.9. The van der Waals surface area contributed by atoms with Gasteiger partial charge in [0.15, 0.2) is 0 Å². The molecular weight excluding hydrogens is 731 g/mol. The molecular formula is C43H59N5O7S. The Morgan fingerprint density at radius 3 is 2.43 bits per heavy atom. The van der Waals surface area contributed by atoms with Gasteiger partial charge in [-0.3, -0.25) is 19.2 Å². The molecule has 1 aromatic heterocycles. The molecule has 1 saturated heterocycles. The lowest BCUT2D eigenvalue weighted by Gasteiger charge is -2.62. The molecule has 9 atom stereocenters. The molecule has 4 aliphatic rings. The van der Waals surface area contributed by atoms with Crippen molar-refractivity contribution in [2.75, 3.05) is 46.8 Å². The maximum Gasteiger partial charge on any atom is 0.252 e. The van der Waals surface area contributed by atoms with E-state index in [0.717, 1.165) is 17.0 Å². The van der Waals surface area contributed by atoms with Crippen molar-refractivity contribution in [2.45, 2.75) is 83.8 Å². The van der Waals surface area contributed by atoms with Crippen molar-refractivity contribution < 1.29 is 34.2 Å². The van der Waals surface area contributed by atoms with E-state index in [1.807, 2.05) is 60.8 Å². The number of ether oxygens (including phenoxy) is 1. The highest BCUT2D eigenvalue weighted by molar-refractivity contribution is 7.09. The maximum atomic E-state index is 14.3. The zero-order valence-corrected chi connectivity index (χ0v) is 34.9. The fourth-order valence-corrected chi connectivity index (χ4v) is 10.1. The van der Waals surface area contributed by atoms with Crippen LogP contribution in [0.2, 0.25) is 0 Å². The van der Waals surface area contributed by atoms with E-state index in [4.69, 9.17) is 9.57 Å². The van der Waals surface area contributed by atoms with Crippen LogP contribution < -0.4 is 20.3 Å². The highest BCUT2D eigenvalue weighted by Crippen LogP contribution is 2.61. The summed E-state index contributed by atoms with van der Waals surface area (Å²) in [5, 5.41) is 31.2. The van der Waals surface area contributed by atoms with E-state index in [2.05, 4.69) is 31.4 Å². The molecule has 2 heterocycles. The van der Waals surface area contributed by atoms with Crippen LogP contribution in [-0.2, 0) is 27.4 Å². The number of hydrogen-bond acceptors (Lipinski definition) is 10. The minimum Gasteiger partial charge on any atom is -0.496 e. The topological polar surface area (TPSA) is 144 Å². The zero-order valence-electron chi connectivity index (χ0n) is 34.1. The van der Waals surface area contributed by atoms with Crippen LogP contribution in [0.5, 0.6) is 5.75 Å². The van der Waals surface area contributed by atoms with E-state index in [1.54, 1.807) is 45.3 Å². The van der Waals surface area contributed by atoms with Crippen molar-refractivity contribution in [3.63, 3.8) is 0 Å². The lowest BCUT2D eigenvalue weighted by Crippen LogP contribution is -2.62. The van der Waals surface area contributed by atoms with Gasteiger partial charge in [0.05, 0.1) is 26.4 Å². The van der Waals surface area contributed by atoms with Crippen LogP contribution in [0.3, 0.4) is 0 Å². The Hall–Kier alpha value is -4.01. The quantitative estimate of drug-likeness (QED) is 0.185. The van der Waals surface area contributed by atoms with E-state index in [9.17, 15) is 24.6 Å². The normalized spacial score (nSPS) is 26.4. The number of hydrogen-bond donors (Lipinski definition) is 4. The van der Waals surface area contributed by atoms with Crippen LogP contribution >= 0.6 is 11.3 Å². The van der Waals surface area contributed by atoms with Gasteiger partial charge in [-0.05, 0) is 78.1 Å². The molecule has 4 N–H and O–H groups in total. The Bertz CT molecular complexity index is 1880. The molecule has 3 saturated carbocycles. The van der Waals surface area contributed by atoms with Gasteiger partial charge < -0.3 is 35.4 Å². The van der Waals surface area contributed by atoms with Gasteiger partial charge in [0.2, 0.25) is 11.8 Å². The van der Waals surface area contributed by atoms with Gasteiger partial charge in [-0.2, -0.15) is 5.06 Å². The van der Waals surface area contributed by atoms with E-state index in [-0.39, 0.29) is 42.3 Å². The predicted molar refractivity (Wildman–Crippen MR) is 218 cm³/mol. The summed E-state index contributed by atoms with van der Waals surface area (Å²) < 4.78 is 6.07. The number of carbonyl (C=O) groups is 3. The summed E-state index contributed by atoms with van der Waals surface area (Å²) in [5.41, 5.74) is 3.57. The second-order valence-corrected chi connectivity index (χ2v) is 18.0. The van der Waals surface area contributed by atoms with Crippen molar-refractivity contribution in [1.82, 2.24) is 20.6 Å². The van der Waals surface area contributed by atoms with Gasteiger partial charge in [-0.1, -0.05) is 45.0 Å². The number of nitrogens with zero attached hydrogens (tertiary/aromatic N) is 3. The number of thiophene rings is 1. The Morgan fingerprint density at radius 1 is 1.09 bits per heavy atom. The summed E-state index contributed by atoms with van der Waals surface area (Å²) in [6.45, 7) is 8.28. The zero-order chi connectivity index (χ0) is 40.6. The van der Waals surface area contributed by atoms with Gasteiger partial charge in [-0.25, -0.2) is 0 Å². The predicted octanol–water partition coefficient (Wildman–Crippen LogP) is 4.58. The number of para-hydroxylation sites is 1. The van der Waals surface area contributed by atoms with E-state index in [1.165, 1.54) is 22.7 Å². The minimum atomic E-state index is -0.923. The minimum absolute atomic E-state index is 0.0177. The number of aliphatic hydroxyl groups excluding tert-OH is 2. The van der Waals surface area contributed by atoms with Crippen LogP contribution in [0.15, 0.2) is 53.9 Å². The van der Waals surface area contributed by atoms with Gasteiger partial charge in [0.25, 0.3) is 5.91 Å². The first-order valence-electron chi connectivity index (χ1n) is 19.6. The van der Waals surface area contributed by atoms with Crippen molar-refractivity contribution in [3.8, 4) is 16.9 Å². The number of likely N-dealkylation sites (N-methyl/N-ethyl adjacent to an activating group) is 1. The molecule has 56 heavy (non-hydrogen) atoms. The summed E-state index contributed by atoms with van der Waals surface area (Å²) in [5.74, 6) is 0.469. The molecule has 12 nitrogen and oxygen atoms in total. The molecule has 0 unspecified atom stereocenters. The first kappa shape index (κ1) is 41.6. The second kappa shape index (κ2) is 16.8. The van der Waals surface area contributed by atoms with E-state index >= 15 is 0 Å². The fraction of sp³-hybridized carbons (Fsp3) is 0.558. The van der Waals surface area contributed by atoms with Gasteiger partial charge in [-0.15, -0.1) is 11.3 Å². The highest BCUT2D eigenvalue weighted by atomic mass is 32.1. The first-order chi connectivity index (χ1) is 26.5. The molecule has 4 fully saturated rings. The molecule has 13 heteroatoms. The summed E-state index contributed by atoms with van der Waals surface area (Å²) in [6, 6.07) is 13.5. The average Bonchev–Trinajstić information content (AvgIpc) is 3.82. The number of nitrogens with one attached hydrogen (secondary N) is 2. The maximum absolute atomic E-state index is 14.3. The number of anilines is 1. The number of fused-ring (bicyclic) bond motifs is 2. The number of rotatable bonds is 14. The van der Waals surface area contributed by atoms with E-state index < -0.39 is 30.2 Å². The third kappa shape index (κ3) is 8.20. The summed E-state index contributed by atoms with van der Waals surface area (Å²) in [6.07, 6.45) is 0.773. The van der Waals surface area contributed by atoms with Crippen LogP contribution in [0.25, 0.3) is 11.1 Å². The number of benzene rings is 2. The van der Waals surface area contributed by atoms with Crippen LogP contribution in [0, 0.1) is 29.1 Å². The number of amides is 3. The molecule has 3 amide bonds. The first-order valence-corrected chi connectivity index (χ1v) is 20.5. The lowest BCUT2D eigenvalue weighted by atomic mass is 9.45. The number of hydroxylamine groups is 2. The molecule has 0 radical (unpaired) electrons. The van der Waals surface area contributed by atoms with Crippen LogP contribution in [0.1, 0.15) is 61.3 Å². The summed E-state index contributed by atoms with van der Waals surface area (Å²) in [7, 11) is 8.72. The monoisotopic (exact) mass is 789 g/mol. The van der Waals surface area contributed by atoms with Crippen molar-refractivity contribution >= 4 is 34.7 Å². The Kier molecular flexibility index (Phi) is 12.5. The average molecular weight is 790 g/mol. The standard InChI is InChI=1S/C43H59N5O7S/c1-24-33-19-29(43(33,3)4)20-34(24)44-41(52)38-37(25(2)50)36(23-49)55-48(38)22-26-12-10-14-32(39(26)54-9)27-16-28(18-30(17-27)46(5)6)40(51)45-35(42(53)47(7)8)21-31-13-11-15-56-31/h10-18,24-25,29,33-38,49-50H,19-23H2,1-9H3,(H,44,52)(H,45,51)/t24-,25-,29+,33+,34-,35-,36-,37+,38-/m0/s1. The van der Waals surface area contributed by atoms with Crippen LogP contribution in [-0.4, -0.2) is 110 Å². The van der Waals surface area contributed by atoms with Gasteiger partial charge in [0, 0.05) is 73.8 Å². The molecule has 1 aliphatic heterocycles. The van der Waals surface area contributed by atoms with Crippen LogP contribution in [0.4, 0.5) is 5.69 Å². The lowest BCUT2D eigenvalue weighted by molar-refractivity contribution is -0.183. The Balaban J connectivity index is 1.29. The Morgan fingerprint density at radius 2 is 1.84 bits per heavy atom. The molecule has 0 spiro atoms. The molecule has 7 rings (SSSR count). The summed E-state index contributed by atoms with van der Waals surface area (Å²) >= 11 is 1.54. The molecule has 3 aliphatic carbocycles. The van der Waals surface area contributed by atoms with E-state index in [0.29, 0.717) is 52.2 Å². The van der Waals surface area contributed by atoms with Gasteiger partial charge in [0.1, 0.15) is 23.9 Å². The summed E-state index contributed by atoms with van der Waals surface area (Å²) in [4.78, 5) is 52.1. The smallest absolute Gasteiger partial charge is 0.252 e. The largest absolute Gasteiger partial charge is 0.496 e. The highest BCUT2D eigenvalue weighted by Gasteiger charge is 2.57. The SMILES string of the molecule is COc1c(CN2O[C@@H](CO)[C@@H]([C@H](C)O)[C@H]2C(=O)N[C@H]2C[C@H]3C[C@H]([C@@H]2C)C3(C)C)cccc1-c1cc(C(=O)N[C@@H](Cc2cccs2)C(=O)N(C)C)cc(N(C)C)c1. The van der Waals surface area contributed by atoms with Crippen molar-refractivity contribution in [1.29, 1.82) is 0 Å².